The zero-order valence-corrected chi connectivity index (χ0v) is 11.3. The predicted octanol–water partition coefficient (Wildman–Crippen LogP) is 1.97. The Morgan fingerprint density at radius 1 is 1.20 bits per heavy atom. The van der Waals surface area contributed by atoms with Gasteiger partial charge in [0.15, 0.2) is 0 Å². The van der Waals surface area contributed by atoms with Gasteiger partial charge in [0.25, 0.3) is 0 Å². The van der Waals surface area contributed by atoms with E-state index in [1.165, 1.54) is 0 Å². The lowest BCUT2D eigenvalue weighted by molar-refractivity contribution is -0.127. The third kappa shape index (κ3) is 1.80. The van der Waals surface area contributed by atoms with Gasteiger partial charge in [-0.2, -0.15) is 0 Å². The predicted molar refractivity (Wildman–Crippen MR) is 75.9 cm³/mol. The van der Waals surface area contributed by atoms with E-state index in [1.54, 1.807) is 0 Å². The molecule has 0 saturated heterocycles. The summed E-state index contributed by atoms with van der Waals surface area (Å²) in [5, 5.41) is 13.3. The van der Waals surface area contributed by atoms with Gasteiger partial charge in [0.2, 0.25) is 5.91 Å². The first-order valence-electron chi connectivity index (χ1n) is 7.47. The quantitative estimate of drug-likeness (QED) is 0.807. The second kappa shape index (κ2) is 4.45. The Labute approximate surface area is 118 Å². The molecule has 1 fully saturated rings. The normalized spacial score (nSPS) is 37.1. The fourth-order valence-corrected chi connectivity index (χ4v) is 4.09. The van der Waals surface area contributed by atoms with Crippen LogP contribution in [-0.4, -0.2) is 17.1 Å². The van der Waals surface area contributed by atoms with E-state index >= 15 is 0 Å². The molecular formula is C17H19NO2. The van der Waals surface area contributed by atoms with Gasteiger partial charge in [-0.3, -0.25) is 4.79 Å². The van der Waals surface area contributed by atoms with Crippen LogP contribution in [0.2, 0.25) is 0 Å². The molecule has 0 spiro atoms. The van der Waals surface area contributed by atoms with E-state index in [4.69, 9.17) is 0 Å². The van der Waals surface area contributed by atoms with Gasteiger partial charge in [-0.25, -0.2) is 0 Å². The lowest BCUT2D eigenvalue weighted by atomic mass is 9.92. The van der Waals surface area contributed by atoms with Crippen molar-refractivity contribution in [2.75, 3.05) is 0 Å². The highest BCUT2D eigenvalue weighted by molar-refractivity contribution is 5.80. The number of aliphatic hydroxyl groups excluding tert-OH is 1. The van der Waals surface area contributed by atoms with E-state index in [9.17, 15) is 9.90 Å². The van der Waals surface area contributed by atoms with Crippen molar-refractivity contribution >= 4 is 5.91 Å². The summed E-state index contributed by atoms with van der Waals surface area (Å²) in [4.78, 5) is 12.5. The zero-order valence-electron chi connectivity index (χ0n) is 11.3. The number of amides is 1. The maximum atomic E-state index is 12.5. The highest BCUT2D eigenvalue weighted by Crippen LogP contribution is 2.44. The first-order valence-corrected chi connectivity index (χ1v) is 7.47. The fourth-order valence-electron chi connectivity index (χ4n) is 4.09. The summed E-state index contributed by atoms with van der Waals surface area (Å²) in [6, 6.07) is 7.76. The average Bonchev–Trinajstić information content (AvgIpc) is 3.14. The van der Waals surface area contributed by atoms with Crippen molar-refractivity contribution in [3.05, 3.63) is 47.5 Å². The molecule has 20 heavy (non-hydrogen) atoms. The molecule has 0 radical (unpaired) electrons. The average molecular weight is 269 g/mol. The van der Waals surface area contributed by atoms with Crippen LogP contribution < -0.4 is 5.32 Å². The summed E-state index contributed by atoms with van der Waals surface area (Å²) >= 11 is 0. The monoisotopic (exact) mass is 269 g/mol. The number of carbonyl (C=O) groups is 1. The van der Waals surface area contributed by atoms with Crippen LogP contribution in [0.3, 0.4) is 0 Å². The molecule has 3 unspecified atom stereocenters. The van der Waals surface area contributed by atoms with Crippen LogP contribution in [-0.2, 0) is 11.2 Å². The van der Waals surface area contributed by atoms with Crippen molar-refractivity contribution in [3.8, 4) is 0 Å². The number of benzene rings is 1. The molecule has 3 nitrogen and oxygen atoms in total. The van der Waals surface area contributed by atoms with Crippen molar-refractivity contribution in [3.63, 3.8) is 0 Å². The van der Waals surface area contributed by atoms with Gasteiger partial charge in [0, 0.05) is 12.3 Å². The molecule has 1 saturated carbocycles. The SMILES string of the molecule is O=C(N[C@@H]1c2ccccc2C[C@@H]1O)C1CC2C=CC1C2. The topological polar surface area (TPSA) is 49.3 Å². The number of nitrogens with one attached hydrogen (secondary N) is 1. The molecule has 3 heteroatoms. The summed E-state index contributed by atoms with van der Waals surface area (Å²) in [6.45, 7) is 0. The van der Waals surface area contributed by atoms with Gasteiger partial charge in [0.05, 0.1) is 12.1 Å². The Hall–Kier alpha value is -1.61. The smallest absolute Gasteiger partial charge is 0.224 e. The molecule has 3 aliphatic carbocycles. The maximum Gasteiger partial charge on any atom is 0.224 e. The minimum Gasteiger partial charge on any atom is -0.390 e. The van der Waals surface area contributed by atoms with Crippen LogP contribution in [0.4, 0.5) is 0 Å². The highest BCUT2D eigenvalue weighted by Gasteiger charge is 2.41. The second-order valence-electron chi connectivity index (χ2n) is 6.34. The van der Waals surface area contributed by atoms with E-state index in [-0.39, 0.29) is 17.9 Å². The fraction of sp³-hybridized carbons (Fsp3) is 0.471. The second-order valence-corrected chi connectivity index (χ2v) is 6.34. The van der Waals surface area contributed by atoms with Crippen LogP contribution in [0.15, 0.2) is 36.4 Å². The molecule has 0 aromatic heterocycles. The van der Waals surface area contributed by atoms with E-state index in [2.05, 4.69) is 17.5 Å². The number of carbonyl (C=O) groups excluding carboxylic acids is 1. The highest BCUT2D eigenvalue weighted by atomic mass is 16.3. The summed E-state index contributed by atoms with van der Waals surface area (Å²) in [5.74, 6) is 1.22. The molecule has 4 rings (SSSR count). The number of allylic oxidation sites excluding steroid dienone is 2. The molecule has 3 aliphatic rings. The summed E-state index contributed by atoms with van der Waals surface area (Å²) in [5.41, 5.74) is 2.23. The number of rotatable bonds is 2. The summed E-state index contributed by atoms with van der Waals surface area (Å²) in [7, 11) is 0. The van der Waals surface area contributed by atoms with Crippen molar-refractivity contribution in [1.82, 2.24) is 5.32 Å². The number of aliphatic hydroxyl groups is 1. The third-order valence-electron chi connectivity index (χ3n) is 5.12. The molecule has 0 aliphatic heterocycles. The molecule has 1 amide bonds. The zero-order chi connectivity index (χ0) is 13.7. The van der Waals surface area contributed by atoms with Gasteiger partial charge in [-0.15, -0.1) is 0 Å². The molecule has 2 bridgehead atoms. The minimum absolute atomic E-state index is 0.102. The Bertz CT molecular complexity index is 580. The lowest BCUT2D eigenvalue weighted by Crippen LogP contribution is -2.39. The largest absolute Gasteiger partial charge is 0.390 e. The molecular weight excluding hydrogens is 250 g/mol. The van der Waals surface area contributed by atoms with E-state index in [0.29, 0.717) is 18.3 Å². The molecule has 1 aromatic rings. The van der Waals surface area contributed by atoms with Gasteiger partial charge in [0.1, 0.15) is 0 Å². The summed E-state index contributed by atoms with van der Waals surface area (Å²) in [6.07, 6.45) is 6.67. The van der Waals surface area contributed by atoms with Gasteiger partial charge in [-0.05, 0) is 35.8 Å². The van der Waals surface area contributed by atoms with Crippen molar-refractivity contribution in [1.29, 1.82) is 0 Å². The molecule has 5 atom stereocenters. The lowest BCUT2D eigenvalue weighted by Gasteiger charge is -2.23. The van der Waals surface area contributed by atoms with Crippen molar-refractivity contribution < 1.29 is 9.90 Å². The minimum atomic E-state index is -0.495. The van der Waals surface area contributed by atoms with Crippen LogP contribution in [0, 0.1) is 17.8 Å². The Balaban J connectivity index is 1.52. The Kier molecular flexibility index (Phi) is 2.71. The first-order chi connectivity index (χ1) is 9.72. The maximum absolute atomic E-state index is 12.5. The van der Waals surface area contributed by atoms with Gasteiger partial charge in [-0.1, -0.05) is 36.4 Å². The first kappa shape index (κ1) is 12.2. The molecule has 1 aromatic carbocycles. The van der Waals surface area contributed by atoms with Crippen LogP contribution >= 0.6 is 0 Å². The van der Waals surface area contributed by atoms with Crippen LogP contribution in [0.5, 0.6) is 0 Å². The number of hydrogen-bond acceptors (Lipinski definition) is 2. The van der Waals surface area contributed by atoms with Crippen molar-refractivity contribution in [2.24, 2.45) is 17.8 Å². The van der Waals surface area contributed by atoms with E-state index in [0.717, 1.165) is 24.0 Å². The number of fused-ring (bicyclic) bond motifs is 3. The Morgan fingerprint density at radius 3 is 2.80 bits per heavy atom. The standard InChI is InChI=1S/C17H19NO2/c19-15-9-11-3-1-2-4-13(11)16(15)18-17(20)14-8-10-5-6-12(14)7-10/h1-6,10,12,14-16,19H,7-9H2,(H,18,20)/t10?,12?,14?,15-,16+/m0/s1. The molecule has 104 valence electrons. The number of hydrogen-bond donors (Lipinski definition) is 2. The third-order valence-corrected chi connectivity index (χ3v) is 5.12. The molecule has 2 N–H and O–H groups in total. The van der Waals surface area contributed by atoms with Crippen LogP contribution in [0.1, 0.15) is 30.0 Å². The van der Waals surface area contributed by atoms with E-state index in [1.807, 2.05) is 24.3 Å². The van der Waals surface area contributed by atoms with Crippen molar-refractivity contribution in [2.45, 2.75) is 31.4 Å². The van der Waals surface area contributed by atoms with E-state index < -0.39 is 6.10 Å². The Morgan fingerprint density at radius 2 is 2.05 bits per heavy atom. The molecule has 0 heterocycles. The van der Waals surface area contributed by atoms with Gasteiger partial charge >= 0.3 is 0 Å². The van der Waals surface area contributed by atoms with Crippen LogP contribution in [0.25, 0.3) is 0 Å². The van der Waals surface area contributed by atoms with Gasteiger partial charge < -0.3 is 10.4 Å². The summed E-state index contributed by atoms with van der Waals surface area (Å²) < 4.78 is 0.